The van der Waals surface area contributed by atoms with Crippen LogP contribution in [0.15, 0.2) is 23.1 Å². The number of nitrogens with zero attached hydrogens (tertiary/aromatic N) is 2. The Morgan fingerprint density at radius 2 is 2.04 bits per heavy atom. The molecular weight excluding hydrogens is 338 g/mol. The van der Waals surface area contributed by atoms with Gasteiger partial charge in [-0.05, 0) is 39.0 Å². The van der Waals surface area contributed by atoms with Crippen LogP contribution in [0.3, 0.4) is 0 Å². The van der Waals surface area contributed by atoms with Gasteiger partial charge in [0.05, 0.1) is 22.7 Å². The number of ether oxygens (including phenoxy) is 1. The first-order chi connectivity index (χ1) is 10.8. The highest BCUT2D eigenvalue weighted by molar-refractivity contribution is 7.89. The molecule has 23 heavy (non-hydrogen) atoms. The second-order valence-corrected chi connectivity index (χ2v) is 7.26. The molecule has 1 heterocycles. The molecule has 8 heteroatoms. The van der Waals surface area contributed by atoms with Crippen molar-refractivity contribution in [2.45, 2.75) is 38.8 Å². The SMILES string of the molecule is CCn1nc(C)c(CNS(=O)(=O)c2ccc(OC)c(Cl)c2)c1C. The number of hydrogen-bond acceptors (Lipinski definition) is 4. The second-order valence-electron chi connectivity index (χ2n) is 5.09. The molecule has 0 fully saturated rings. The van der Waals surface area contributed by atoms with Crippen LogP contribution in [-0.2, 0) is 23.1 Å². The first-order valence-corrected chi connectivity index (χ1v) is 9.02. The standard InChI is InChI=1S/C15H20ClN3O3S/c1-5-19-11(3)13(10(2)18-19)9-17-23(20,21)12-6-7-15(22-4)14(16)8-12/h6-8,17H,5,9H2,1-4H3. The zero-order chi connectivity index (χ0) is 17.2. The lowest BCUT2D eigenvalue weighted by atomic mass is 10.2. The van der Waals surface area contributed by atoms with E-state index in [0.717, 1.165) is 23.5 Å². The fourth-order valence-electron chi connectivity index (χ4n) is 2.36. The van der Waals surface area contributed by atoms with Crippen molar-refractivity contribution in [2.75, 3.05) is 7.11 Å². The van der Waals surface area contributed by atoms with Gasteiger partial charge in [0.1, 0.15) is 5.75 Å². The highest BCUT2D eigenvalue weighted by Crippen LogP contribution is 2.27. The highest BCUT2D eigenvalue weighted by atomic mass is 35.5. The van der Waals surface area contributed by atoms with E-state index in [4.69, 9.17) is 16.3 Å². The summed E-state index contributed by atoms with van der Waals surface area (Å²) in [5.41, 5.74) is 2.66. The van der Waals surface area contributed by atoms with E-state index >= 15 is 0 Å². The van der Waals surface area contributed by atoms with Crippen LogP contribution >= 0.6 is 11.6 Å². The van der Waals surface area contributed by atoms with Gasteiger partial charge in [0, 0.05) is 24.3 Å². The molecule has 1 aromatic heterocycles. The molecule has 0 aliphatic carbocycles. The normalized spacial score (nSPS) is 11.7. The monoisotopic (exact) mass is 357 g/mol. The molecule has 1 N–H and O–H groups in total. The molecule has 0 saturated carbocycles. The van der Waals surface area contributed by atoms with Gasteiger partial charge in [0.2, 0.25) is 10.0 Å². The van der Waals surface area contributed by atoms with Crippen molar-refractivity contribution in [3.8, 4) is 5.75 Å². The lowest BCUT2D eigenvalue weighted by Gasteiger charge is -2.09. The maximum atomic E-state index is 12.4. The molecule has 0 aliphatic rings. The van der Waals surface area contributed by atoms with E-state index in [1.54, 1.807) is 0 Å². The van der Waals surface area contributed by atoms with Crippen LogP contribution in [0.25, 0.3) is 0 Å². The Labute approximate surface area is 141 Å². The molecule has 126 valence electrons. The van der Waals surface area contributed by atoms with Crippen LogP contribution in [0.2, 0.25) is 5.02 Å². The van der Waals surface area contributed by atoms with Crippen LogP contribution in [0, 0.1) is 13.8 Å². The van der Waals surface area contributed by atoms with E-state index < -0.39 is 10.0 Å². The molecule has 0 saturated heterocycles. The van der Waals surface area contributed by atoms with Crippen LogP contribution < -0.4 is 9.46 Å². The Morgan fingerprint density at radius 1 is 1.35 bits per heavy atom. The van der Waals surface area contributed by atoms with E-state index in [1.807, 2.05) is 25.5 Å². The van der Waals surface area contributed by atoms with Crippen LogP contribution in [0.5, 0.6) is 5.75 Å². The van der Waals surface area contributed by atoms with E-state index in [0.29, 0.717) is 5.75 Å². The van der Waals surface area contributed by atoms with Crippen LogP contribution in [-0.4, -0.2) is 25.3 Å². The van der Waals surface area contributed by atoms with E-state index in [9.17, 15) is 8.42 Å². The summed E-state index contributed by atoms with van der Waals surface area (Å²) in [6, 6.07) is 4.36. The molecule has 1 aromatic carbocycles. The lowest BCUT2D eigenvalue weighted by Crippen LogP contribution is -2.23. The first-order valence-electron chi connectivity index (χ1n) is 7.16. The smallest absolute Gasteiger partial charge is 0.240 e. The summed E-state index contributed by atoms with van der Waals surface area (Å²) in [4.78, 5) is 0.0986. The molecule has 2 rings (SSSR count). The Hall–Kier alpha value is -1.57. The van der Waals surface area contributed by atoms with Crippen molar-refractivity contribution in [1.82, 2.24) is 14.5 Å². The van der Waals surface area contributed by atoms with Crippen molar-refractivity contribution in [2.24, 2.45) is 0 Å². The van der Waals surface area contributed by atoms with Gasteiger partial charge in [-0.15, -0.1) is 0 Å². The third kappa shape index (κ3) is 3.68. The summed E-state index contributed by atoms with van der Waals surface area (Å²) in [5.74, 6) is 0.432. The zero-order valence-electron chi connectivity index (χ0n) is 13.6. The van der Waals surface area contributed by atoms with Gasteiger partial charge in [-0.3, -0.25) is 4.68 Å². The van der Waals surface area contributed by atoms with Gasteiger partial charge in [0.25, 0.3) is 0 Å². The van der Waals surface area contributed by atoms with Gasteiger partial charge in [-0.25, -0.2) is 13.1 Å². The molecule has 0 atom stereocenters. The van der Waals surface area contributed by atoms with Crippen LogP contribution in [0.4, 0.5) is 0 Å². The number of halogens is 1. The Kier molecular flexibility index (Phi) is 5.33. The first kappa shape index (κ1) is 17.8. The maximum Gasteiger partial charge on any atom is 0.240 e. The summed E-state index contributed by atoms with van der Waals surface area (Å²) in [7, 11) is -2.19. The quantitative estimate of drug-likeness (QED) is 0.862. The van der Waals surface area contributed by atoms with Crippen molar-refractivity contribution in [3.63, 3.8) is 0 Å². The molecule has 0 radical (unpaired) electrons. The van der Waals surface area contributed by atoms with Crippen LogP contribution in [0.1, 0.15) is 23.9 Å². The van der Waals surface area contributed by atoms with Gasteiger partial charge in [-0.1, -0.05) is 11.6 Å². The average Bonchev–Trinajstić information content (AvgIpc) is 2.79. The van der Waals surface area contributed by atoms with E-state index in [2.05, 4.69) is 9.82 Å². The third-order valence-corrected chi connectivity index (χ3v) is 5.40. The number of rotatable bonds is 6. The van der Waals surface area contributed by atoms with Gasteiger partial charge in [0.15, 0.2) is 0 Å². The topological polar surface area (TPSA) is 73.2 Å². The lowest BCUT2D eigenvalue weighted by molar-refractivity contribution is 0.414. The Balaban J connectivity index is 2.22. The van der Waals surface area contributed by atoms with E-state index in [1.165, 1.54) is 25.3 Å². The minimum atomic E-state index is -3.66. The van der Waals surface area contributed by atoms with Crippen molar-refractivity contribution in [3.05, 3.63) is 40.2 Å². The molecular formula is C15H20ClN3O3S. The minimum Gasteiger partial charge on any atom is -0.495 e. The van der Waals surface area contributed by atoms with Crippen molar-refractivity contribution < 1.29 is 13.2 Å². The summed E-state index contributed by atoms with van der Waals surface area (Å²) in [5, 5.41) is 4.63. The summed E-state index contributed by atoms with van der Waals surface area (Å²) < 4.78 is 34.3. The van der Waals surface area contributed by atoms with Crippen molar-refractivity contribution >= 4 is 21.6 Å². The number of aromatic nitrogens is 2. The summed E-state index contributed by atoms with van der Waals surface area (Å²) >= 11 is 5.99. The fraction of sp³-hybridized carbons (Fsp3) is 0.400. The maximum absolute atomic E-state index is 12.4. The van der Waals surface area contributed by atoms with Crippen molar-refractivity contribution in [1.29, 1.82) is 0 Å². The van der Waals surface area contributed by atoms with Gasteiger partial charge >= 0.3 is 0 Å². The number of sulfonamides is 1. The highest BCUT2D eigenvalue weighted by Gasteiger charge is 2.18. The Bertz CT molecular complexity index is 816. The molecule has 0 amide bonds. The number of aryl methyl sites for hydroxylation is 2. The number of methoxy groups -OCH3 is 1. The number of hydrogen-bond donors (Lipinski definition) is 1. The molecule has 2 aromatic rings. The number of nitrogens with one attached hydrogen (secondary N) is 1. The summed E-state index contributed by atoms with van der Waals surface area (Å²) in [6.07, 6.45) is 0. The zero-order valence-corrected chi connectivity index (χ0v) is 15.1. The third-order valence-electron chi connectivity index (χ3n) is 3.70. The predicted molar refractivity (Wildman–Crippen MR) is 89.4 cm³/mol. The molecule has 6 nitrogen and oxygen atoms in total. The minimum absolute atomic E-state index is 0.0986. The second kappa shape index (κ2) is 6.90. The largest absolute Gasteiger partial charge is 0.495 e. The molecule has 0 unspecified atom stereocenters. The predicted octanol–water partition coefficient (Wildman–Crippen LogP) is 2.66. The van der Waals surface area contributed by atoms with Gasteiger partial charge < -0.3 is 4.74 Å². The molecule has 0 spiro atoms. The van der Waals surface area contributed by atoms with Gasteiger partial charge in [-0.2, -0.15) is 5.10 Å². The Morgan fingerprint density at radius 3 is 2.57 bits per heavy atom. The molecule has 0 bridgehead atoms. The average molecular weight is 358 g/mol. The van der Waals surface area contributed by atoms with E-state index in [-0.39, 0.29) is 16.5 Å². The molecule has 0 aliphatic heterocycles. The fourth-order valence-corrected chi connectivity index (χ4v) is 3.71. The number of benzene rings is 1. The summed E-state index contributed by atoms with van der Waals surface area (Å²) in [6.45, 7) is 6.72.